The minimum absolute atomic E-state index is 0.0441. The molecule has 7 heteroatoms. The first-order valence-corrected chi connectivity index (χ1v) is 10.6. The molecule has 1 fully saturated rings. The number of rotatable bonds is 7. The molecule has 0 aromatic heterocycles. The summed E-state index contributed by atoms with van der Waals surface area (Å²) in [6.07, 6.45) is 0. The van der Waals surface area contributed by atoms with Crippen LogP contribution in [-0.4, -0.2) is 53.6 Å². The molecule has 0 N–H and O–H groups in total. The summed E-state index contributed by atoms with van der Waals surface area (Å²) < 4.78 is 18.4. The molecule has 3 rings (SSSR count). The van der Waals surface area contributed by atoms with Crippen molar-refractivity contribution in [3.8, 4) is 5.75 Å². The summed E-state index contributed by atoms with van der Waals surface area (Å²) in [4.78, 5) is 28.9. The van der Waals surface area contributed by atoms with Gasteiger partial charge in [-0.2, -0.15) is 0 Å². The Balaban J connectivity index is 1.72. The minimum Gasteiger partial charge on any atom is -0.497 e. The second-order valence-electron chi connectivity index (χ2n) is 7.12. The number of halogens is 1. The van der Waals surface area contributed by atoms with Crippen LogP contribution in [0.1, 0.15) is 35.1 Å². The molecule has 1 atom stereocenters. The number of hydrogen-bond acceptors (Lipinski definition) is 4. The summed E-state index contributed by atoms with van der Waals surface area (Å²) in [6, 6.07) is 13.2. The summed E-state index contributed by atoms with van der Waals surface area (Å²) >= 11 is 1.58. The van der Waals surface area contributed by atoms with E-state index in [1.807, 2.05) is 43.0 Å². The molecule has 0 saturated carbocycles. The number of hydrogen-bond donors (Lipinski definition) is 0. The highest BCUT2D eigenvalue weighted by atomic mass is 32.2. The molecular formula is C22H25FN2O3S. The van der Waals surface area contributed by atoms with Gasteiger partial charge < -0.3 is 14.5 Å². The van der Waals surface area contributed by atoms with Gasteiger partial charge in [0.15, 0.2) is 0 Å². The molecular weight excluding hydrogens is 391 g/mol. The highest BCUT2D eigenvalue weighted by molar-refractivity contribution is 8.00. The average molecular weight is 417 g/mol. The molecule has 0 radical (unpaired) electrons. The van der Waals surface area contributed by atoms with Crippen molar-refractivity contribution in [2.75, 3.05) is 26.0 Å². The van der Waals surface area contributed by atoms with Gasteiger partial charge in [0.1, 0.15) is 16.9 Å². The van der Waals surface area contributed by atoms with Gasteiger partial charge >= 0.3 is 0 Å². The van der Waals surface area contributed by atoms with Crippen LogP contribution in [0.5, 0.6) is 5.75 Å². The fourth-order valence-corrected chi connectivity index (χ4v) is 4.53. The van der Waals surface area contributed by atoms with Crippen molar-refractivity contribution in [1.29, 1.82) is 0 Å². The molecule has 0 spiro atoms. The first-order chi connectivity index (χ1) is 13.9. The van der Waals surface area contributed by atoms with Crippen LogP contribution in [0.3, 0.4) is 0 Å². The maximum absolute atomic E-state index is 13.2. The first kappa shape index (κ1) is 21.2. The molecule has 0 bridgehead atoms. The van der Waals surface area contributed by atoms with E-state index in [0.717, 1.165) is 11.3 Å². The van der Waals surface area contributed by atoms with Crippen LogP contribution >= 0.6 is 11.8 Å². The monoisotopic (exact) mass is 416 g/mol. The number of carbonyl (C=O) groups is 2. The van der Waals surface area contributed by atoms with Crippen LogP contribution < -0.4 is 4.74 Å². The van der Waals surface area contributed by atoms with E-state index >= 15 is 0 Å². The standard InChI is InChI=1S/C22H25FN2O3S/c1-15(2)24(21(27)16-4-8-18(23)9-5-16)12-13-25-20(26)14-29-22(25)17-6-10-19(28-3)11-7-17/h4-11,15,22H,12-14H2,1-3H3/t22-/m1/s1. The van der Waals surface area contributed by atoms with Gasteiger partial charge in [-0.05, 0) is 55.8 Å². The van der Waals surface area contributed by atoms with Crippen LogP contribution in [0.15, 0.2) is 48.5 Å². The molecule has 5 nitrogen and oxygen atoms in total. The number of benzene rings is 2. The van der Waals surface area contributed by atoms with Crippen molar-refractivity contribution in [2.24, 2.45) is 0 Å². The van der Waals surface area contributed by atoms with Crippen molar-refractivity contribution in [2.45, 2.75) is 25.3 Å². The first-order valence-electron chi connectivity index (χ1n) is 9.52. The van der Waals surface area contributed by atoms with Crippen molar-refractivity contribution >= 4 is 23.6 Å². The van der Waals surface area contributed by atoms with Gasteiger partial charge in [0.25, 0.3) is 5.91 Å². The Morgan fingerprint density at radius 3 is 2.45 bits per heavy atom. The normalized spacial score (nSPS) is 16.4. The summed E-state index contributed by atoms with van der Waals surface area (Å²) in [6.45, 7) is 4.71. The number of thioether (sulfide) groups is 1. The molecule has 1 heterocycles. The lowest BCUT2D eigenvalue weighted by molar-refractivity contribution is -0.128. The zero-order valence-electron chi connectivity index (χ0n) is 16.8. The van der Waals surface area contributed by atoms with Crippen molar-refractivity contribution < 1.29 is 18.7 Å². The van der Waals surface area contributed by atoms with E-state index in [9.17, 15) is 14.0 Å². The quantitative estimate of drug-likeness (QED) is 0.686. The molecule has 154 valence electrons. The van der Waals surface area contributed by atoms with Gasteiger partial charge in [-0.1, -0.05) is 12.1 Å². The topological polar surface area (TPSA) is 49.9 Å². The number of carbonyl (C=O) groups excluding carboxylic acids is 2. The summed E-state index contributed by atoms with van der Waals surface area (Å²) in [5.41, 5.74) is 1.47. The summed E-state index contributed by atoms with van der Waals surface area (Å²) in [5.74, 6) is 0.712. The van der Waals surface area contributed by atoms with E-state index in [4.69, 9.17) is 4.74 Å². The highest BCUT2D eigenvalue weighted by Crippen LogP contribution is 2.38. The van der Waals surface area contributed by atoms with E-state index in [0.29, 0.717) is 24.4 Å². The molecule has 2 amide bonds. The molecule has 2 aromatic carbocycles. The fraction of sp³-hybridized carbons (Fsp3) is 0.364. The molecule has 2 aromatic rings. The Hall–Kier alpha value is -2.54. The third-order valence-electron chi connectivity index (χ3n) is 4.93. The van der Waals surface area contributed by atoms with Crippen LogP contribution in [0.2, 0.25) is 0 Å². The number of methoxy groups -OCH3 is 1. The van der Waals surface area contributed by atoms with Gasteiger partial charge in [0.2, 0.25) is 5.91 Å². The largest absolute Gasteiger partial charge is 0.497 e. The predicted octanol–water partition coefficient (Wildman–Crippen LogP) is 3.96. The van der Waals surface area contributed by atoms with E-state index in [1.54, 1.807) is 23.8 Å². The van der Waals surface area contributed by atoms with Gasteiger partial charge in [-0.3, -0.25) is 9.59 Å². The summed E-state index contributed by atoms with van der Waals surface area (Å²) in [7, 11) is 1.62. The summed E-state index contributed by atoms with van der Waals surface area (Å²) in [5, 5.41) is -0.0802. The molecule has 1 aliphatic heterocycles. The maximum Gasteiger partial charge on any atom is 0.254 e. The second kappa shape index (κ2) is 9.31. The molecule has 0 unspecified atom stereocenters. The van der Waals surface area contributed by atoms with E-state index in [2.05, 4.69) is 0 Å². The van der Waals surface area contributed by atoms with E-state index in [-0.39, 0.29) is 29.0 Å². The fourth-order valence-electron chi connectivity index (χ4n) is 3.31. The highest BCUT2D eigenvalue weighted by Gasteiger charge is 2.33. The lowest BCUT2D eigenvalue weighted by atomic mass is 10.1. The maximum atomic E-state index is 13.2. The van der Waals surface area contributed by atoms with Crippen LogP contribution in [0, 0.1) is 5.82 Å². The van der Waals surface area contributed by atoms with E-state index in [1.165, 1.54) is 24.3 Å². The van der Waals surface area contributed by atoms with Gasteiger partial charge in [-0.25, -0.2) is 4.39 Å². The molecule has 0 aliphatic carbocycles. The van der Waals surface area contributed by atoms with E-state index < -0.39 is 0 Å². The zero-order valence-corrected chi connectivity index (χ0v) is 17.6. The average Bonchev–Trinajstić information content (AvgIpc) is 3.09. The number of amides is 2. The van der Waals surface area contributed by atoms with Crippen LogP contribution in [0.25, 0.3) is 0 Å². The van der Waals surface area contributed by atoms with Gasteiger partial charge in [0, 0.05) is 24.7 Å². The third kappa shape index (κ3) is 4.90. The Morgan fingerprint density at radius 2 is 1.86 bits per heavy atom. The Morgan fingerprint density at radius 1 is 1.21 bits per heavy atom. The van der Waals surface area contributed by atoms with Crippen molar-refractivity contribution in [3.63, 3.8) is 0 Å². The SMILES string of the molecule is COc1ccc([C@H]2SCC(=O)N2CCN(C(=O)c2ccc(F)cc2)C(C)C)cc1. The smallest absolute Gasteiger partial charge is 0.254 e. The predicted molar refractivity (Wildman–Crippen MR) is 112 cm³/mol. The van der Waals surface area contributed by atoms with Crippen LogP contribution in [-0.2, 0) is 4.79 Å². The molecule has 1 aliphatic rings. The lowest BCUT2D eigenvalue weighted by Gasteiger charge is -2.31. The molecule has 1 saturated heterocycles. The number of ether oxygens (including phenoxy) is 1. The lowest BCUT2D eigenvalue weighted by Crippen LogP contribution is -2.43. The third-order valence-corrected chi connectivity index (χ3v) is 6.18. The Labute approximate surface area is 174 Å². The Bertz CT molecular complexity index is 855. The van der Waals surface area contributed by atoms with Crippen molar-refractivity contribution in [3.05, 3.63) is 65.5 Å². The van der Waals surface area contributed by atoms with Crippen LogP contribution in [0.4, 0.5) is 4.39 Å². The second-order valence-corrected chi connectivity index (χ2v) is 8.19. The molecule has 29 heavy (non-hydrogen) atoms. The number of nitrogens with zero attached hydrogens (tertiary/aromatic N) is 2. The minimum atomic E-state index is -0.375. The van der Waals surface area contributed by atoms with Gasteiger partial charge in [-0.15, -0.1) is 11.8 Å². The van der Waals surface area contributed by atoms with Gasteiger partial charge in [0.05, 0.1) is 12.9 Å². The Kier molecular flexibility index (Phi) is 6.79. The van der Waals surface area contributed by atoms with Crippen molar-refractivity contribution in [1.82, 2.24) is 9.80 Å². The zero-order chi connectivity index (χ0) is 21.0.